The fourth-order valence-corrected chi connectivity index (χ4v) is 4.22. The molecule has 0 aliphatic carbocycles. The van der Waals surface area contributed by atoms with Crippen LogP contribution in [0.3, 0.4) is 0 Å². The smallest absolute Gasteiger partial charge is 0.344 e. The third-order valence-corrected chi connectivity index (χ3v) is 7.04. The SMILES string of the molecule is CN(C)CCOC(=O)COc1ccc(Cl)cc1.Cl.O=C(CC[N+](=O)[O-])OCC1OC(O)C(OC(=O)CC[N+](=O)[O-])C(OC(=O)CC[N+](=O)[O-])C1OC(=O)CC[N+](=O)[O-]. The number of carbonyl (C=O) groups excluding carboxylic acids is 5. The normalized spacial score (nSPS) is 18.1. The van der Waals surface area contributed by atoms with E-state index in [9.17, 15) is 69.5 Å². The van der Waals surface area contributed by atoms with Crippen LogP contribution in [0.1, 0.15) is 25.7 Å². The number of hydrogen-bond donors (Lipinski definition) is 1. The molecule has 1 heterocycles. The van der Waals surface area contributed by atoms with E-state index in [0.717, 1.165) is 0 Å². The Kier molecular flexibility index (Phi) is 25.2. The van der Waals surface area contributed by atoms with Crippen molar-refractivity contribution in [2.75, 3.05) is 66.6 Å². The second-order valence-electron chi connectivity index (χ2n) is 11.6. The van der Waals surface area contributed by atoms with Gasteiger partial charge in [0.05, 0.1) is 0 Å². The van der Waals surface area contributed by atoms with Gasteiger partial charge in [-0.15, -0.1) is 12.4 Å². The molecule has 1 aromatic carbocycles. The molecule has 0 saturated carbocycles. The zero-order chi connectivity index (χ0) is 43.1. The van der Waals surface area contributed by atoms with Crippen molar-refractivity contribution in [3.8, 4) is 5.75 Å². The number of carbonyl (C=O) groups is 5. The molecule has 26 nitrogen and oxygen atoms in total. The minimum absolute atomic E-state index is 0. The van der Waals surface area contributed by atoms with Crippen molar-refractivity contribution in [3.05, 3.63) is 69.7 Å². The van der Waals surface area contributed by atoms with Crippen LogP contribution in [0.2, 0.25) is 5.02 Å². The van der Waals surface area contributed by atoms with Gasteiger partial charge in [-0.2, -0.15) is 0 Å². The van der Waals surface area contributed by atoms with Gasteiger partial charge in [-0.05, 0) is 38.4 Å². The van der Waals surface area contributed by atoms with Gasteiger partial charge in [0.1, 0.15) is 50.8 Å². The number of ether oxygens (including phenoxy) is 7. The molecule has 1 aliphatic rings. The van der Waals surface area contributed by atoms with Crippen molar-refractivity contribution >= 4 is 53.9 Å². The average molecular weight is 879 g/mol. The van der Waals surface area contributed by atoms with E-state index in [1.165, 1.54) is 0 Å². The summed E-state index contributed by atoms with van der Waals surface area (Å²) in [4.78, 5) is 100. The van der Waals surface area contributed by atoms with Gasteiger partial charge in [0.2, 0.25) is 26.2 Å². The molecule has 0 bridgehead atoms. The van der Waals surface area contributed by atoms with E-state index in [1.54, 1.807) is 24.3 Å². The van der Waals surface area contributed by atoms with Crippen LogP contribution in [0.25, 0.3) is 0 Å². The molecule has 2 rings (SSSR count). The summed E-state index contributed by atoms with van der Waals surface area (Å²) < 4.78 is 35.3. The van der Waals surface area contributed by atoms with Gasteiger partial charge in [-0.1, -0.05) is 11.6 Å². The molecule has 28 heteroatoms. The number of aliphatic hydroxyl groups is 1. The fraction of sp³-hybridized carbons (Fsp3) is 0.633. The number of halogens is 2. The Balaban J connectivity index is 0.00000150. The summed E-state index contributed by atoms with van der Waals surface area (Å²) in [5, 5.41) is 53.3. The molecule has 1 aliphatic heterocycles. The Morgan fingerprint density at radius 3 is 1.57 bits per heavy atom. The lowest BCUT2D eigenvalue weighted by Gasteiger charge is -2.42. The lowest BCUT2D eigenvalue weighted by Crippen LogP contribution is -2.62. The van der Waals surface area contributed by atoms with E-state index >= 15 is 0 Å². The largest absolute Gasteiger partial charge is 0.482 e. The van der Waals surface area contributed by atoms with Gasteiger partial charge in [0, 0.05) is 31.3 Å². The molecule has 1 N–H and O–H groups in total. The molecule has 1 saturated heterocycles. The number of nitro groups is 4. The molecule has 0 aromatic heterocycles. The third-order valence-electron chi connectivity index (χ3n) is 6.79. The number of likely N-dealkylation sites (N-methyl/N-ethyl adjacent to an activating group) is 1. The van der Waals surface area contributed by atoms with Crippen LogP contribution in [-0.4, -0.2) is 157 Å². The zero-order valence-corrected chi connectivity index (χ0v) is 32.4. The number of rotatable bonds is 23. The van der Waals surface area contributed by atoms with Crippen molar-refractivity contribution < 1.29 is 81.9 Å². The molecule has 0 radical (unpaired) electrons. The van der Waals surface area contributed by atoms with Crippen LogP contribution in [0.15, 0.2) is 24.3 Å². The number of esters is 5. The zero-order valence-electron chi connectivity index (χ0n) is 30.8. The fourth-order valence-electron chi connectivity index (χ4n) is 4.10. The van der Waals surface area contributed by atoms with Crippen LogP contribution in [0.4, 0.5) is 0 Å². The Hall–Kier alpha value is -5.57. The first-order chi connectivity index (χ1) is 26.8. The molecule has 326 valence electrons. The van der Waals surface area contributed by atoms with E-state index < -0.39 is 133 Å². The highest BCUT2D eigenvalue weighted by Gasteiger charge is 2.52. The first-order valence-corrected chi connectivity index (χ1v) is 16.9. The molecule has 5 unspecified atom stereocenters. The lowest BCUT2D eigenvalue weighted by atomic mass is 9.98. The van der Waals surface area contributed by atoms with Crippen LogP contribution in [0, 0.1) is 40.5 Å². The standard InChI is InChI=1S/C18H24N4O18.C12H16ClNO3.ClH/c23-11(1-5-19(28)29)36-9-10-15(38-12(24)2-6-20(30)31)16(39-13(25)3-7-21(32)33)17(18(27)37-10)40-14(26)4-8-22(34)35;1-14(2)7-8-16-12(15)9-17-11-5-3-10(13)4-6-11;/h10,15-18,27H,1-9H2;3-6H,7-9H2,1-2H3;1H. The first kappa shape index (κ1) is 52.4. The summed E-state index contributed by atoms with van der Waals surface area (Å²) in [7, 11) is 3.83. The number of hydrogen-bond acceptors (Lipinski definition) is 22. The van der Waals surface area contributed by atoms with Crippen molar-refractivity contribution in [1.29, 1.82) is 0 Å². The average Bonchev–Trinajstić information content (AvgIpc) is 3.13. The summed E-state index contributed by atoms with van der Waals surface area (Å²) in [6.45, 7) is -3.48. The topological polar surface area (TPSA) is 346 Å². The minimum Gasteiger partial charge on any atom is -0.482 e. The summed E-state index contributed by atoms with van der Waals surface area (Å²) in [6.07, 6.45) is -13.2. The highest BCUT2D eigenvalue weighted by molar-refractivity contribution is 6.30. The summed E-state index contributed by atoms with van der Waals surface area (Å²) in [6, 6.07) is 6.81. The molecule has 1 aromatic rings. The molecule has 1 fully saturated rings. The summed E-state index contributed by atoms with van der Waals surface area (Å²) in [5.74, 6) is -4.84. The molecular weight excluding hydrogens is 837 g/mol. The van der Waals surface area contributed by atoms with Gasteiger partial charge in [0.25, 0.3) is 0 Å². The van der Waals surface area contributed by atoms with Crippen LogP contribution in [0.5, 0.6) is 5.75 Å². The monoisotopic (exact) mass is 877 g/mol. The van der Waals surface area contributed by atoms with Gasteiger partial charge in [-0.3, -0.25) is 59.6 Å². The Labute approximate surface area is 338 Å². The van der Waals surface area contributed by atoms with Gasteiger partial charge >= 0.3 is 29.8 Å². The highest BCUT2D eigenvalue weighted by atomic mass is 35.5. The number of benzene rings is 1. The minimum atomic E-state index is -2.22. The van der Waals surface area contributed by atoms with E-state index in [4.69, 9.17) is 44.8 Å². The third kappa shape index (κ3) is 23.5. The maximum absolute atomic E-state index is 12.3. The summed E-state index contributed by atoms with van der Waals surface area (Å²) >= 11 is 5.72. The first-order valence-electron chi connectivity index (χ1n) is 16.5. The van der Waals surface area contributed by atoms with Crippen molar-refractivity contribution in [2.24, 2.45) is 0 Å². The van der Waals surface area contributed by atoms with Crippen molar-refractivity contribution in [1.82, 2.24) is 4.90 Å². The Morgan fingerprint density at radius 1 is 0.690 bits per heavy atom. The highest BCUT2D eigenvalue weighted by Crippen LogP contribution is 2.29. The van der Waals surface area contributed by atoms with E-state index in [-0.39, 0.29) is 25.0 Å². The molecule has 5 atom stereocenters. The number of aliphatic hydroxyl groups excluding tert-OH is 1. The second-order valence-corrected chi connectivity index (χ2v) is 12.0. The molecular formula is C30H41Cl2N5O21. The predicted molar refractivity (Wildman–Crippen MR) is 191 cm³/mol. The molecule has 58 heavy (non-hydrogen) atoms. The van der Waals surface area contributed by atoms with Crippen molar-refractivity contribution in [2.45, 2.75) is 56.4 Å². The second kappa shape index (κ2) is 27.9. The van der Waals surface area contributed by atoms with Gasteiger partial charge in [0.15, 0.2) is 31.2 Å². The van der Waals surface area contributed by atoms with Crippen LogP contribution in [-0.2, 0) is 52.4 Å². The van der Waals surface area contributed by atoms with Gasteiger partial charge in [-0.25, -0.2) is 4.79 Å². The predicted octanol–water partition coefficient (Wildman–Crippen LogP) is -0.105. The molecule has 0 amide bonds. The lowest BCUT2D eigenvalue weighted by molar-refractivity contribution is -0.479. The maximum Gasteiger partial charge on any atom is 0.344 e. The quantitative estimate of drug-likeness (QED) is 0.0649. The van der Waals surface area contributed by atoms with Crippen molar-refractivity contribution in [3.63, 3.8) is 0 Å². The summed E-state index contributed by atoms with van der Waals surface area (Å²) in [5.41, 5.74) is 0. The number of nitrogens with zero attached hydrogens (tertiary/aromatic N) is 5. The molecule has 0 spiro atoms. The Morgan fingerprint density at radius 2 is 1.12 bits per heavy atom. The Bertz CT molecular complexity index is 1550. The van der Waals surface area contributed by atoms with E-state index in [0.29, 0.717) is 23.9 Å². The van der Waals surface area contributed by atoms with Gasteiger partial charge < -0.3 is 43.2 Å². The van der Waals surface area contributed by atoms with Crippen LogP contribution >= 0.6 is 24.0 Å². The maximum atomic E-state index is 12.3. The van der Waals surface area contributed by atoms with E-state index in [2.05, 4.69) is 0 Å². The van der Waals surface area contributed by atoms with E-state index in [1.807, 2.05) is 19.0 Å². The van der Waals surface area contributed by atoms with Crippen LogP contribution < -0.4 is 4.74 Å².